The molecule has 0 spiro atoms. The highest BCUT2D eigenvalue weighted by atomic mass is 14.9. The van der Waals surface area contributed by atoms with E-state index in [-0.39, 0.29) is 0 Å². The van der Waals surface area contributed by atoms with Crippen LogP contribution in [-0.2, 0) is 5.41 Å². The maximum absolute atomic E-state index is 5.60. The van der Waals surface area contributed by atoms with Gasteiger partial charge in [0.15, 0.2) is 0 Å². The molecule has 3 N–H and O–H groups in total. The van der Waals surface area contributed by atoms with E-state index in [0.717, 1.165) is 6.54 Å². The van der Waals surface area contributed by atoms with Crippen LogP contribution in [0.2, 0.25) is 0 Å². The Labute approximate surface area is 91.9 Å². The summed E-state index contributed by atoms with van der Waals surface area (Å²) in [4.78, 5) is 0. The number of nitrogens with two attached hydrogens (primary N) is 1. The van der Waals surface area contributed by atoms with E-state index < -0.39 is 0 Å². The number of hydrogen-bond donors (Lipinski definition) is 2. The Morgan fingerprint density at radius 1 is 1.33 bits per heavy atom. The SMILES string of the molecule is C[C@H](CN)NCC1(c2ccccc2)CC1. The van der Waals surface area contributed by atoms with Crippen LogP contribution in [0.5, 0.6) is 0 Å². The van der Waals surface area contributed by atoms with Crippen LogP contribution in [0.15, 0.2) is 30.3 Å². The van der Waals surface area contributed by atoms with Crippen LogP contribution in [0.3, 0.4) is 0 Å². The van der Waals surface area contributed by atoms with E-state index in [1.807, 2.05) is 0 Å². The molecule has 1 aromatic rings. The van der Waals surface area contributed by atoms with Gasteiger partial charge in [0.1, 0.15) is 0 Å². The Morgan fingerprint density at radius 2 is 2.00 bits per heavy atom. The fourth-order valence-corrected chi connectivity index (χ4v) is 1.96. The fraction of sp³-hybridized carbons (Fsp3) is 0.538. The summed E-state index contributed by atoms with van der Waals surface area (Å²) < 4.78 is 0. The van der Waals surface area contributed by atoms with E-state index >= 15 is 0 Å². The highest BCUT2D eigenvalue weighted by molar-refractivity contribution is 5.31. The molecule has 1 atom stereocenters. The summed E-state index contributed by atoms with van der Waals surface area (Å²) in [5.74, 6) is 0. The molecule has 0 aromatic heterocycles. The average Bonchev–Trinajstić information content (AvgIpc) is 3.08. The smallest absolute Gasteiger partial charge is 0.0162 e. The van der Waals surface area contributed by atoms with Crippen LogP contribution in [0.1, 0.15) is 25.3 Å². The maximum atomic E-state index is 5.60. The maximum Gasteiger partial charge on any atom is 0.0162 e. The molecule has 2 rings (SSSR count). The van der Waals surface area contributed by atoms with E-state index in [2.05, 4.69) is 42.6 Å². The Hall–Kier alpha value is -0.860. The van der Waals surface area contributed by atoms with E-state index in [1.54, 1.807) is 0 Å². The molecule has 0 bridgehead atoms. The first kappa shape index (κ1) is 10.7. The average molecular weight is 204 g/mol. The Bertz CT molecular complexity index is 304. The van der Waals surface area contributed by atoms with Crippen molar-refractivity contribution in [1.29, 1.82) is 0 Å². The monoisotopic (exact) mass is 204 g/mol. The van der Waals surface area contributed by atoms with Gasteiger partial charge in [-0.1, -0.05) is 30.3 Å². The highest BCUT2D eigenvalue weighted by Crippen LogP contribution is 2.47. The van der Waals surface area contributed by atoms with Crippen molar-refractivity contribution in [1.82, 2.24) is 5.32 Å². The fourth-order valence-electron chi connectivity index (χ4n) is 1.96. The van der Waals surface area contributed by atoms with Gasteiger partial charge in [0.2, 0.25) is 0 Å². The van der Waals surface area contributed by atoms with Gasteiger partial charge in [0.05, 0.1) is 0 Å². The second-order valence-electron chi connectivity index (χ2n) is 4.66. The van der Waals surface area contributed by atoms with Gasteiger partial charge in [-0.2, -0.15) is 0 Å². The van der Waals surface area contributed by atoms with Gasteiger partial charge < -0.3 is 11.1 Å². The quantitative estimate of drug-likeness (QED) is 0.765. The summed E-state index contributed by atoms with van der Waals surface area (Å²) in [6.45, 7) is 3.92. The number of benzene rings is 1. The zero-order valence-electron chi connectivity index (χ0n) is 9.37. The zero-order valence-corrected chi connectivity index (χ0v) is 9.37. The van der Waals surface area contributed by atoms with Crippen LogP contribution in [0, 0.1) is 0 Å². The van der Waals surface area contributed by atoms with Crippen LogP contribution < -0.4 is 11.1 Å². The second-order valence-corrected chi connectivity index (χ2v) is 4.66. The molecule has 2 heteroatoms. The molecule has 15 heavy (non-hydrogen) atoms. The molecule has 0 aliphatic heterocycles. The van der Waals surface area contributed by atoms with Gasteiger partial charge in [-0.05, 0) is 25.3 Å². The van der Waals surface area contributed by atoms with Gasteiger partial charge in [0.25, 0.3) is 0 Å². The molecule has 2 nitrogen and oxygen atoms in total. The molecule has 1 aromatic carbocycles. The van der Waals surface area contributed by atoms with Crippen LogP contribution in [0.4, 0.5) is 0 Å². The Balaban J connectivity index is 1.97. The van der Waals surface area contributed by atoms with Crippen molar-refractivity contribution < 1.29 is 0 Å². The lowest BCUT2D eigenvalue weighted by Crippen LogP contribution is -2.38. The first-order chi connectivity index (χ1) is 7.27. The van der Waals surface area contributed by atoms with E-state index in [9.17, 15) is 0 Å². The van der Waals surface area contributed by atoms with E-state index in [0.29, 0.717) is 18.0 Å². The lowest BCUT2D eigenvalue weighted by atomic mass is 9.96. The summed E-state index contributed by atoms with van der Waals surface area (Å²) in [7, 11) is 0. The molecule has 0 saturated heterocycles. The minimum Gasteiger partial charge on any atom is -0.329 e. The van der Waals surface area contributed by atoms with E-state index in [1.165, 1.54) is 18.4 Å². The summed E-state index contributed by atoms with van der Waals surface area (Å²) in [5, 5.41) is 3.51. The van der Waals surface area contributed by atoms with Crippen molar-refractivity contribution in [3.05, 3.63) is 35.9 Å². The third kappa shape index (κ3) is 2.39. The lowest BCUT2D eigenvalue weighted by molar-refractivity contribution is 0.502. The zero-order chi connectivity index (χ0) is 10.7. The van der Waals surface area contributed by atoms with Crippen molar-refractivity contribution in [3.8, 4) is 0 Å². The molecule has 0 heterocycles. The summed E-state index contributed by atoms with van der Waals surface area (Å²) >= 11 is 0. The van der Waals surface area contributed by atoms with Gasteiger partial charge in [-0.25, -0.2) is 0 Å². The predicted octanol–water partition coefficient (Wildman–Crippen LogP) is 1.66. The van der Waals surface area contributed by atoms with Gasteiger partial charge in [-0.3, -0.25) is 0 Å². The van der Waals surface area contributed by atoms with Gasteiger partial charge >= 0.3 is 0 Å². The second kappa shape index (κ2) is 4.33. The number of hydrogen-bond acceptors (Lipinski definition) is 2. The number of rotatable bonds is 5. The van der Waals surface area contributed by atoms with Crippen molar-refractivity contribution in [3.63, 3.8) is 0 Å². The first-order valence-corrected chi connectivity index (χ1v) is 5.76. The molecule has 82 valence electrons. The van der Waals surface area contributed by atoms with Gasteiger partial charge in [-0.15, -0.1) is 0 Å². The minimum atomic E-state index is 0.407. The molecule has 1 saturated carbocycles. The molecule has 0 radical (unpaired) electrons. The van der Waals surface area contributed by atoms with Crippen molar-refractivity contribution in [2.24, 2.45) is 5.73 Å². The molecule has 1 aliphatic carbocycles. The van der Waals surface area contributed by atoms with Gasteiger partial charge in [0, 0.05) is 24.5 Å². The Kier molecular flexibility index (Phi) is 3.08. The largest absolute Gasteiger partial charge is 0.329 e. The minimum absolute atomic E-state index is 0.407. The molecular formula is C13H20N2. The predicted molar refractivity (Wildman–Crippen MR) is 63.9 cm³/mol. The molecule has 0 unspecified atom stereocenters. The summed E-state index contributed by atoms with van der Waals surface area (Å²) in [6, 6.07) is 11.2. The molecule has 0 amide bonds. The van der Waals surface area contributed by atoms with Crippen LogP contribution in [0.25, 0.3) is 0 Å². The van der Waals surface area contributed by atoms with Crippen molar-refractivity contribution in [2.75, 3.05) is 13.1 Å². The highest BCUT2D eigenvalue weighted by Gasteiger charge is 2.43. The van der Waals surface area contributed by atoms with E-state index in [4.69, 9.17) is 5.73 Å². The molecule has 1 fully saturated rings. The molecule has 1 aliphatic rings. The standard InChI is InChI=1S/C13H20N2/c1-11(9-14)15-10-13(7-8-13)12-5-3-2-4-6-12/h2-6,11,15H,7-10,14H2,1H3/t11-/m1/s1. The third-order valence-corrected chi connectivity index (χ3v) is 3.38. The van der Waals surface area contributed by atoms with Crippen LogP contribution in [-0.4, -0.2) is 19.1 Å². The third-order valence-electron chi connectivity index (χ3n) is 3.38. The summed E-state index contributed by atoms with van der Waals surface area (Å²) in [5.41, 5.74) is 7.48. The Morgan fingerprint density at radius 3 is 2.53 bits per heavy atom. The van der Waals surface area contributed by atoms with Crippen molar-refractivity contribution >= 4 is 0 Å². The van der Waals surface area contributed by atoms with Crippen LogP contribution >= 0.6 is 0 Å². The van der Waals surface area contributed by atoms with Crippen molar-refractivity contribution in [2.45, 2.75) is 31.2 Å². The topological polar surface area (TPSA) is 38.0 Å². The molecular weight excluding hydrogens is 184 g/mol. The normalized spacial score (nSPS) is 19.9. The lowest BCUT2D eigenvalue weighted by Gasteiger charge is -2.19. The number of nitrogens with one attached hydrogen (secondary N) is 1. The summed E-state index contributed by atoms with van der Waals surface area (Å²) in [6.07, 6.45) is 2.61. The first-order valence-electron chi connectivity index (χ1n) is 5.76.